The Bertz CT molecular complexity index is 711. The highest BCUT2D eigenvalue weighted by atomic mass is 16.5. The van der Waals surface area contributed by atoms with Crippen molar-refractivity contribution in [2.24, 2.45) is 0 Å². The molecule has 0 bridgehead atoms. The van der Waals surface area contributed by atoms with E-state index in [0.29, 0.717) is 12.6 Å². The third-order valence-electron chi connectivity index (χ3n) is 4.49. The topological polar surface area (TPSA) is 52.0 Å². The van der Waals surface area contributed by atoms with Gasteiger partial charge in [0, 0.05) is 30.2 Å². The number of methoxy groups -OCH3 is 2. The predicted octanol–water partition coefficient (Wildman–Crippen LogP) is 1.89. The highest BCUT2D eigenvalue weighted by Crippen LogP contribution is 2.18. The maximum Gasteiger partial charge on any atom is 0.279 e. The number of quaternary nitrogens is 1. The lowest BCUT2D eigenvalue weighted by atomic mass is 10.2. The van der Waals surface area contributed by atoms with Gasteiger partial charge < -0.3 is 19.7 Å². The molecule has 3 rings (SSSR count). The van der Waals surface area contributed by atoms with Crippen molar-refractivity contribution in [2.45, 2.75) is 25.4 Å². The number of nitrogens with one attached hydrogen (secondary N) is 2. The van der Waals surface area contributed by atoms with Crippen molar-refractivity contribution < 1.29 is 19.2 Å². The summed E-state index contributed by atoms with van der Waals surface area (Å²) >= 11 is 0. The second kappa shape index (κ2) is 8.03. The van der Waals surface area contributed by atoms with E-state index in [1.807, 2.05) is 36.4 Å². The lowest BCUT2D eigenvalue weighted by Crippen LogP contribution is -3.13. The van der Waals surface area contributed by atoms with E-state index in [1.165, 1.54) is 23.3 Å². The summed E-state index contributed by atoms with van der Waals surface area (Å²) in [4.78, 5) is 13.8. The van der Waals surface area contributed by atoms with Crippen LogP contribution in [0, 0.1) is 0 Å². The maximum atomic E-state index is 12.5. The molecule has 1 atom stereocenters. The Morgan fingerprint density at radius 1 is 1.08 bits per heavy atom. The molecule has 132 valence electrons. The van der Waals surface area contributed by atoms with Crippen molar-refractivity contribution in [3.63, 3.8) is 0 Å². The van der Waals surface area contributed by atoms with Gasteiger partial charge in [0.25, 0.3) is 5.91 Å². The molecule has 1 unspecified atom stereocenters. The van der Waals surface area contributed by atoms with Gasteiger partial charge in [0.15, 0.2) is 6.54 Å². The fourth-order valence-electron chi connectivity index (χ4n) is 2.96. The molecule has 25 heavy (non-hydrogen) atoms. The van der Waals surface area contributed by atoms with E-state index >= 15 is 0 Å². The van der Waals surface area contributed by atoms with Gasteiger partial charge in [-0.25, -0.2) is 0 Å². The SMILES string of the molecule is COc1ccc(C[NH+](CC(=O)Nc2cccc(OC)c2)C2CC2)cc1. The van der Waals surface area contributed by atoms with E-state index in [4.69, 9.17) is 9.47 Å². The van der Waals surface area contributed by atoms with Crippen LogP contribution in [0.5, 0.6) is 11.5 Å². The van der Waals surface area contributed by atoms with Crippen LogP contribution in [-0.2, 0) is 11.3 Å². The average Bonchev–Trinajstić information content (AvgIpc) is 3.47. The van der Waals surface area contributed by atoms with Gasteiger partial charge in [0.05, 0.1) is 20.3 Å². The van der Waals surface area contributed by atoms with Crippen LogP contribution in [0.25, 0.3) is 0 Å². The molecule has 0 heterocycles. The fraction of sp³-hybridized carbons (Fsp3) is 0.350. The third-order valence-corrected chi connectivity index (χ3v) is 4.49. The summed E-state index contributed by atoms with van der Waals surface area (Å²) in [5.41, 5.74) is 1.99. The van der Waals surface area contributed by atoms with Crippen LogP contribution in [0.4, 0.5) is 5.69 Å². The Labute approximate surface area is 148 Å². The maximum absolute atomic E-state index is 12.5. The highest BCUT2D eigenvalue weighted by Gasteiger charge is 2.34. The summed E-state index contributed by atoms with van der Waals surface area (Å²) in [7, 11) is 3.29. The van der Waals surface area contributed by atoms with Gasteiger partial charge in [-0.2, -0.15) is 0 Å². The van der Waals surface area contributed by atoms with Crippen molar-refractivity contribution in [3.8, 4) is 11.5 Å². The van der Waals surface area contributed by atoms with Gasteiger partial charge in [-0.1, -0.05) is 6.07 Å². The third kappa shape index (κ3) is 4.97. The number of ether oxygens (including phenoxy) is 2. The lowest BCUT2D eigenvalue weighted by molar-refractivity contribution is -0.916. The van der Waals surface area contributed by atoms with Crippen LogP contribution in [0.15, 0.2) is 48.5 Å². The molecule has 1 amide bonds. The summed E-state index contributed by atoms with van der Waals surface area (Å²) < 4.78 is 10.4. The van der Waals surface area contributed by atoms with E-state index in [1.54, 1.807) is 14.2 Å². The van der Waals surface area contributed by atoms with E-state index < -0.39 is 0 Å². The van der Waals surface area contributed by atoms with Gasteiger partial charge in [0.1, 0.15) is 18.0 Å². The van der Waals surface area contributed by atoms with E-state index in [-0.39, 0.29) is 5.91 Å². The van der Waals surface area contributed by atoms with Gasteiger partial charge in [-0.15, -0.1) is 0 Å². The first kappa shape index (κ1) is 17.3. The molecular weight excluding hydrogens is 316 g/mol. The van der Waals surface area contributed by atoms with Crippen molar-refractivity contribution >= 4 is 11.6 Å². The largest absolute Gasteiger partial charge is 0.497 e. The van der Waals surface area contributed by atoms with Gasteiger partial charge >= 0.3 is 0 Å². The minimum atomic E-state index is 0.0312. The number of anilines is 1. The normalized spacial score (nSPS) is 14.6. The standard InChI is InChI=1S/C20H24N2O3/c1-24-18-10-6-15(7-11-18)13-22(17-8-9-17)14-20(23)21-16-4-3-5-19(12-16)25-2/h3-7,10-12,17H,8-9,13-14H2,1-2H3,(H,21,23)/p+1. The molecule has 2 N–H and O–H groups in total. The highest BCUT2D eigenvalue weighted by molar-refractivity contribution is 5.91. The Balaban J connectivity index is 1.59. The van der Waals surface area contributed by atoms with E-state index in [2.05, 4.69) is 17.4 Å². The lowest BCUT2D eigenvalue weighted by Gasteiger charge is -2.19. The van der Waals surface area contributed by atoms with E-state index in [0.717, 1.165) is 23.7 Å². The Morgan fingerprint density at radius 3 is 2.44 bits per heavy atom. The average molecular weight is 341 g/mol. The van der Waals surface area contributed by atoms with Gasteiger partial charge in [-0.3, -0.25) is 4.79 Å². The molecule has 1 fully saturated rings. The number of carbonyl (C=O) groups is 1. The Morgan fingerprint density at radius 2 is 1.80 bits per heavy atom. The number of hydrogen-bond donors (Lipinski definition) is 2. The number of amides is 1. The minimum Gasteiger partial charge on any atom is -0.497 e. The van der Waals surface area contributed by atoms with Gasteiger partial charge in [-0.05, 0) is 36.4 Å². The van der Waals surface area contributed by atoms with Crippen LogP contribution in [-0.4, -0.2) is 32.7 Å². The molecule has 0 spiro atoms. The predicted molar refractivity (Wildman–Crippen MR) is 97.2 cm³/mol. The van der Waals surface area contributed by atoms with Crippen molar-refractivity contribution in [1.82, 2.24) is 0 Å². The Hall–Kier alpha value is -2.53. The van der Waals surface area contributed by atoms with Crippen LogP contribution in [0.2, 0.25) is 0 Å². The van der Waals surface area contributed by atoms with Crippen LogP contribution in [0.1, 0.15) is 18.4 Å². The zero-order valence-electron chi connectivity index (χ0n) is 14.7. The summed E-state index contributed by atoms with van der Waals surface area (Å²) in [5, 5.41) is 2.97. The zero-order chi connectivity index (χ0) is 17.6. The van der Waals surface area contributed by atoms with Crippen LogP contribution in [0.3, 0.4) is 0 Å². The molecule has 5 heteroatoms. The summed E-state index contributed by atoms with van der Waals surface area (Å²) in [6.45, 7) is 1.31. The number of hydrogen-bond acceptors (Lipinski definition) is 3. The zero-order valence-corrected chi connectivity index (χ0v) is 14.7. The second-order valence-corrected chi connectivity index (χ2v) is 6.41. The number of benzene rings is 2. The smallest absolute Gasteiger partial charge is 0.279 e. The molecule has 0 aliphatic heterocycles. The van der Waals surface area contributed by atoms with Gasteiger partial charge in [0.2, 0.25) is 0 Å². The summed E-state index contributed by atoms with van der Waals surface area (Å²) in [5.74, 6) is 1.62. The van der Waals surface area contributed by atoms with Crippen molar-refractivity contribution in [3.05, 3.63) is 54.1 Å². The quantitative estimate of drug-likeness (QED) is 0.771. The van der Waals surface area contributed by atoms with Crippen molar-refractivity contribution in [1.29, 1.82) is 0 Å². The minimum absolute atomic E-state index is 0.0312. The Kier molecular flexibility index (Phi) is 5.56. The molecule has 2 aromatic rings. The number of rotatable bonds is 8. The van der Waals surface area contributed by atoms with Crippen LogP contribution < -0.4 is 19.7 Å². The fourth-order valence-corrected chi connectivity index (χ4v) is 2.96. The molecule has 1 saturated carbocycles. The first-order chi connectivity index (χ1) is 12.2. The first-order valence-corrected chi connectivity index (χ1v) is 8.59. The summed E-state index contributed by atoms with van der Waals surface area (Å²) in [6, 6.07) is 16.1. The monoisotopic (exact) mass is 341 g/mol. The second-order valence-electron chi connectivity index (χ2n) is 6.41. The molecule has 0 radical (unpaired) electrons. The molecule has 0 aromatic heterocycles. The summed E-state index contributed by atoms with van der Waals surface area (Å²) in [6.07, 6.45) is 2.38. The molecule has 1 aliphatic carbocycles. The first-order valence-electron chi connectivity index (χ1n) is 8.59. The molecule has 0 saturated heterocycles. The molecule has 5 nitrogen and oxygen atoms in total. The van der Waals surface area contributed by atoms with Crippen LogP contribution >= 0.6 is 0 Å². The molecule has 2 aromatic carbocycles. The molecular formula is C20H25N2O3+. The van der Waals surface area contributed by atoms with Crippen molar-refractivity contribution in [2.75, 3.05) is 26.1 Å². The molecule has 1 aliphatic rings. The van der Waals surface area contributed by atoms with E-state index in [9.17, 15) is 4.79 Å². The number of carbonyl (C=O) groups excluding carboxylic acids is 1.